The Balaban J connectivity index is 0.00000242. The highest BCUT2D eigenvalue weighted by atomic mass is 35.5. The molecule has 0 aliphatic carbocycles. The Morgan fingerprint density at radius 1 is 1.05 bits per heavy atom. The number of hydrogen-bond donors (Lipinski definition) is 1. The molecule has 1 aromatic rings. The van der Waals surface area contributed by atoms with Gasteiger partial charge in [0.2, 0.25) is 5.91 Å². The number of piperazine rings is 1. The Bertz CT molecular complexity index is 497. The second-order valence-electron chi connectivity index (χ2n) is 5.26. The first-order chi connectivity index (χ1) is 10.2. The number of nitrogens with zero attached hydrogens (tertiary/aromatic N) is 2. The van der Waals surface area contributed by atoms with Crippen LogP contribution >= 0.6 is 12.4 Å². The third-order valence-electron chi connectivity index (χ3n) is 3.89. The molecule has 2 amide bonds. The molecule has 6 heteroatoms. The first-order valence-electron chi connectivity index (χ1n) is 7.51. The Hall–Kier alpha value is -1.59. The average molecular weight is 326 g/mol. The van der Waals surface area contributed by atoms with Gasteiger partial charge in [-0.2, -0.15) is 0 Å². The number of hydrogen-bond acceptors (Lipinski definition) is 3. The van der Waals surface area contributed by atoms with Gasteiger partial charge >= 0.3 is 0 Å². The number of halogens is 1. The number of nitrogens with two attached hydrogens (primary N) is 1. The molecule has 1 aliphatic rings. The molecule has 1 aliphatic heterocycles. The van der Waals surface area contributed by atoms with Crippen molar-refractivity contribution in [3.63, 3.8) is 0 Å². The van der Waals surface area contributed by atoms with Gasteiger partial charge < -0.3 is 15.5 Å². The van der Waals surface area contributed by atoms with Crippen molar-refractivity contribution < 1.29 is 9.59 Å². The van der Waals surface area contributed by atoms with Gasteiger partial charge in [-0.1, -0.05) is 19.1 Å². The lowest BCUT2D eigenvalue weighted by Crippen LogP contribution is -2.50. The molecule has 5 nitrogen and oxygen atoms in total. The van der Waals surface area contributed by atoms with E-state index in [2.05, 4.69) is 6.92 Å². The highest BCUT2D eigenvalue weighted by Gasteiger charge is 2.24. The van der Waals surface area contributed by atoms with Crippen LogP contribution in [0.4, 0.5) is 0 Å². The van der Waals surface area contributed by atoms with Gasteiger partial charge in [0.05, 0.1) is 0 Å². The molecule has 1 heterocycles. The van der Waals surface area contributed by atoms with E-state index < -0.39 is 0 Å². The molecule has 1 fully saturated rings. The zero-order chi connectivity index (χ0) is 15.2. The summed E-state index contributed by atoms with van der Waals surface area (Å²) < 4.78 is 0. The fourth-order valence-corrected chi connectivity index (χ4v) is 2.51. The summed E-state index contributed by atoms with van der Waals surface area (Å²) in [5.41, 5.74) is 7.34. The number of rotatable bonds is 4. The molecule has 122 valence electrons. The van der Waals surface area contributed by atoms with Crippen molar-refractivity contribution >= 4 is 24.2 Å². The minimum atomic E-state index is 0. The van der Waals surface area contributed by atoms with Crippen molar-refractivity contribution in [1.82, 2.24) is 9.80 Å². The Labute approximate surface area is 137 Å². The Morgan fingerprint density at radius 3 is 2.09 bits per heavy atom. The number of carbonyl (C=O) groups excluding carboxylic acids is 2. The van der Waals surface area contributed by atoms with E-state index in [1.165, 1.54) is 5.56 Å². The monoisotopic (exact) mass is 325 g/mol. The predicted octanol–water partition coefficient (Wildman–Crippen LogP) is 1.30. The molecule has 0 spiro atoms. The lowest BCUT2D eigenvalue weighted by atomic mass is 10.1. The van der Waals surface area contributed by atoms with Crippen LogP contribution in [0.25, 0.3) is 0 Å². The fourth-order valence-electron chi connectivity index (χ4n) is 2.51. The largest absolute Gasteiger partial charge is 0.339 e. The van der Waals surface area contributed by atoms with Crippen LogP contribution in [0.5, 0.6) is 0 Å². The van der Waals surface area contributed by atoms with Crippen LogP contribution in [0.2, 0.25) is 0 Å². The van der Waals surface area contributed by atoms with E-state index in [1.807, 2.05) is 29.2 Å². The maximum Gasteiger partial charge on any atom is 0.253 e. The number of benzene rings is 1. The van der Waals surface area contributed by atoms with Crippen molar-refractivity contribution in [3.8, 4) is 0 Å². The molecule has 0 atom stereocenters. The Kier molecular flexibility index (Phi) is 7.35. The minimum absolute atomic E-state index is 0. The van der Waals surface area contributed by atoms with Gasteiger partial charge in [-0.25, -0.2) is 0 Å². The zero-order valence-corrected chi connectivity index (χ0v) is 13.8. The summed E-state index contributed by atoms with van der Waals surface area (Å²) in [4.78, 5) is 27.8. The van der Waals surface area contributed by atoms with Crippen molar-refractivity contribution in [2.45, 2.75) is 19.8 Å². The van der Waals surface area contributed by atoms with Gasteiger partial charge in [-0.3, -0.25) is 9.59 Å². The van der Waals surface area contributed by atoms with Gasteiger partial charge in [-0.15, -0.1) is 12.4 Å². The lowest BCUT2D eigenvalue weighted by molar-refractivity contribution is -0.132. The van der Waals surface area contributed by atoms with Crippen molar-refractivity contribution in [3.05, 3.63) is 35.4 Å². The average Bonchev–Trinajstić information content (AvgIpc) is 2.54. The molecule has 0 bridgehead atoms. The van der Waals surface area contributed by atoms with Crippen molar-refractivity contribution in [2.24, 2.45) is 5.73 Å². The number of amides is 2. The van der Waals surface area contributed by atoms with Gasteiger partial charge in [0, 0.05) is 44.7 Å². The molecule has 1 saturated heterocycles. The molecule has 1 aromatic carbocycles. The topological polar surface area (TPSA) is 66.6 Å². The number of carbonyl (C=O) groups is 2. The second-order valence-corrected chi connectivity index (χ2v) is 5.26. The van der Waals surface area contributed by atoms with E-state index in [0.717, 1.165) is 6.42 Å². The van der Waals surface area contributed by atoms with Gasteiger partial charge in [0.1, 0.15) is 0 Å². The van der Waals surface area contributed by atoms with E-state index in [-0.39, 0.29) is 24.2 Å². The van der Waals surface area contributed by atoms with Crippen LogP contribution in [0.1, 0.15) is 29.3 Å². The maximum atomic E-state index is 12.4. The molecule has 0 saturated carbocycles. The van der Waals surface area contributed by atoms with Crippen LogP contribution < -0.4 is 5.73 Å². The van der Waals surface area contributed by atoms with E-state index in [1.54, 1.807) is 4.90 Å². The van der Waals surface area contributed by atoms with Gasteiger partial charge in [0.15, 0.2) is 0 Å². The van der Waals surface area contributed by atoms with Gasteiger partial charge in [-0.05, 0) is 24.1 Å². The maximum absolute atomic E-state index is 12.4. The van der Waals surface area contributed by atoms with Crippen LogP contribution in [0, 0.1) is 0 Å². The predicted molar refractivity (Wildman–Crippen MR) is 89.2 cm³/mol. The van der Waals surface area contributed by atoms with Gasteiger partial charge in [0.25, 0.3) is 5.91 Å². The standard InChI is InChI=1S/C16H23N3O2.ClH/c1-2-13-3-5-14(6-4-13)16(21)19-11-9-18(10-12-19)15(20)7-8-17;/h3-6H,2,7-12,17H2,1H3;1H. The summed E-state index contributed by atoms with van der Waals surface area (Å²) in [7, 11) is 0. The lowest BCUT2D eigenvalue weighted by Gasteiger charge is -2.34. The molecular weight excluding hydrogens is 302 g/mol. The van der Waals surface area contributed by atoms with Crippen molar-refractivity contribution in [2.75, 3.05) is 32.7 Å². The minimum Gasteiger partial charge on any atom is -0.339 e. The summed E-state index contributed by atoms with van der Waals surface area (Å²) in [6.45, 7) is 4.83. The second kappa shape index (κ2) is 8.76. The van der Waals surface area contributed by atoms with E-state index in [0.29, 0.717) is 44.7 Å². The quantitative estimate of drug-likeness (QED) is 0.907. The summed E-state index contributed by atoms with van der Waals surface area (Å²) in [6, 6.07) is 7.75. The van der Waals surface area contributed by atoms with Crippen LogP contribution in [-0.2, 0) is 11.2 Å². The summed E-state index contributed by atoms with van der Waals surface area (Å²) in [5, 5.41) is 0. The molecular formula is C16H24ClN3O2. The molecule has 0 radical (unpaired) electrons. The third-order valence-corrected chi connectivity index (χ3v) is 3.89. The fraction of sp³-hybridized carbons (Fsp3) is 0.500. The van der Waals surface area contributed by atoms with Crippen LogP contribution in [0.15, 0.2) is 24.3 Å². The Morgan fingerprint density at radius 2 is 1.59 bits per heavy atom. The smallest absolute Gasteiger partial charge is 0.253 e. The normalized spacial score (nSPS) is 14.5. The SMILES string of the molecule is CCc1ccc(C(=O)N2CCN(C(=O)CCN)CC2)cc1.Cl. The summed E-state index contributed by atoms with van der Waals surface area (Å²) in [6.07, 6.45) is 1.35. The van der Waals surface area contributed by atoms with E-state index in [4.69, 9.17) is 5.73 Å². The molecule has 0 aromatic heterocycles. The third kappa shape index (κ3) is 4.45. The molecule has 2 rings (SSSR count). The number of aryl methyl sites for hydroxylation is 1. The molecule has 2 N–H and O–H groups in total. The van der Waals surface area contributed by atoms with Crippen LogP contribution in [0.3, 0.4) is 0 Å². The zero-order valence-electron chi connectivity index (χ0n) is 13.0. The molecule has 22 heavy (non-hydrogen) atoms. The van der Waals surface area contributed by atoms with Crippen molar-refractivity contribution in [1.29, 1.82) is 0 Å². The summed E-state index contributed by atoms with van der Waals surface area (Å²) >= 11 is 0. The highest BCUT2D eigenvalue weighted by Crippen LogP contribution is 2.11. The van der Waals surface area contributed by atoms with E-state index in [9.17, 15) is 9.59 Å². The first kappa shape index (κ1) is 18.5. The highest BCUT2D eigenvalue weighted by molar-refractivity contribution is 5.94. The molecule has 0 unspecified atom stereocenters. The van der Waals surface area contributed by atoms with E-state index >= 15 is 0 Å². The summed E-state index contributed by atoms with van der Waals surface area (Å²) in [5.74, 6) is 0.125. The first-order valence-corrected chi connectivity index (χ1v) is 7.51. The van der Waals surface area contributed by atoms with Crippen LogP contribution in [-0.4, -0.2) is 54.3 Å².